The molecule has 0 unspecified atom stereocenters. The molecule has 0 aromatic heterocycles. The molecule has 0 saturated carbocycles. The summed E-state index contributed by atoms with van der Waals surface area (Å²) in [6.45, 7) is 1.34. The summed E-state index contributed by atoms with van der Waals surface area (Å²) in [6.07, 6.45) is 2.06. The van der Waals surface area contributed by atoms with Crippen LogP contribution in [-0.2, 0) is 14.6 Å². The van der Waals surface area contributed by atoms with Crippen molar-refractivity contribution in [3.63, 3.8) is 0 Å². The van der Waals surface area contributed by atoms with Crippen LogP contribution in [0.5, 0.6) is 0 Å². The predicted molar refractivity (Wildman–Crippen MR) is 65.9 cm³/mol. The van der Waals surface area contributed by atoms with Crippen molar-refractivity contribution in [2.75, 3.05) is 24.6 Å². The minimum Gasteiger partial charge on any atom is -0.393 e. The van der Waals surface area contributed by atoms with E-state index < -0.39 is 15.6 Å². The van der Waals surface area contributed by atoms with E-state index in [2.05, 4.69) is 12.2 Å². The van der Waals surface area contributed by atoms with Crippen molar-refractivity contribution in [3.05, 3.63) is 0 Å². The van der Waals surface area contributed by atoms with E-state index in [1.165, 1.54) is 0 Å². The number of hydrogen-bond donors (Lipinski definition) is 1. The molecule has 0 aromatic rings. The van der Waals surface area contributed by atoms with E-state index in [1.54, 1.807) is 4.90 Å². The monoisotopic (exact) mass is 264 g/mol. The number of nitrogens with zero attached hydrogens (tertiary/aromatic N) is 1. The molecule has 1 aliphatic rings. The molecule has 1 heterocycles. The van der Waals surface area contributed by atoms with Gasteiger partial charge in [0.2, 0.25) is 5.91 Å². The van der Waals surface area contributed by atoms with E-state index in [1.807, 2.05) is 0 Å². The summed E-state index contributed by atoms with van der Waals surface area (Å²) in [5.41, 5.74) is 5.22. The van der Waals surface area contributed by atoms with Crippen LogP contribution in [0.25, 0.3) is 0 Å². The summed E-state index contributed by atoms with van der Waals surface area (Å²) in [5, 5.41) is 0. The Morgan fingerprint density at radius 3 is 2.38 bits per heavy atom. The van der Waals surface area contributed by atoms with Gasteiger partial charge in [-0.15, -0.1) is 0 Å². The van der Waals surface area contributed by atoms with Gasteiger partial charge in [-0.3, -0.25) is 4.79 Å². The second-order valence-electron chi connectivity index (χ2n) is 3.90. The van der Waals surface area contributed by atoms with E-state index in [9.17, 15) is 13.2 Å². The summed E-state index contributed by atoms with van der Waals surface area (Å²) < 4.78 is 23.1. The molecule has 1 rings (SSSR count). The van der Waals surface area contributed by atoms with E-state index >= 15 is 0 Å². The van der Waals surface area contributed by atoms with E-state index in [0.717, 1.165) is 12.8 Å². The Morgan fingerprint density at radius 2 is 1.88 bits per heavy atom. The third-order valence-electron chi connectivity index (χ3n) is 2.46. The zero-order valence-electron chi connectivity index (χ0n) is 9.02. The molecular formula is C9H16N2O3S2. The van der Waals surface area contributed by atoms with E-state index in [4.69, 9.17) is 5.73 Å². The van der Waals surface area contributed by atoms with Crippen molar-refractivity contribution in [2.45, 2.75) is 19.3 Å². The van der Waals surface area contributed by atoms with Crippen molar-refractivity contribution in [2.24, 2.45) is 5.73 Å². The second-order valence-corrected chi connectivity index (χ2v) is 6.60. The highest BCUT2D eigenvalue weighted by molar-refractivity contribution is 7.92. The number of carbonyl (C=O) groups is 1. The van der Waals surface area contributed by atoms with Gasteiger partial charge in [-0.25, -0.2) is 8.42 Å². The molecular weight excluding hydrogens is 248 g/mol. The lowest BCUT2D eigenvalue weighted by Gasteiger charge is -2.14. The average molecular weight is 264 g/mol. The second kappa shape index (κ2) is 5.58. The Labute approximate surface area is 101 Å². The topological polar surface area (TPSA) is 80.5 Å². The van der Waals surface area contributed by atoms with Crippen LogP contribution in [0.4, 0.5) is 0 Å². The quantitative estimate of drug-likeness (QED) is 0.690. The first kappa shape index (κ1) is 13.4. The van der Waals surface area contributed by atoms with Gasteiger partial charge < -0.3 is 10.6 Å². The largest absolute Gasteiger partial charge is 0.393 e. The zero-order chi connectivity index (χ0) is 12.2. The van der Waals surface area contributed by atoms with Crippen molar-refractivity contribution in [1.82, 2.24) is 4.90 Å². The Morgan fingerprint density at radius 1 is 1.31 bits per heavy atom. The maximum atomic E-state index is 11.6. The number of carbonyl (C=O) groups excluding carboxylic acids is 1. The van der Waals surface area contributed by atoms with Gasteiger partial charge in [0, 0.05) is 19.5 Å². The fourth-order valence-corrected chi connectivity index (χ4v) is 3.04. The highest BCUT2D eigenvalue weighted by Gasteiger charge is 2.23. The average Bonchev–Trinajstić information content (AvgIpc) is 2.67. The standard InChI is InChI=1S/C9H16N2O3S2/c10-8(15)3-6-16(13,14)7-9(12)11-4-1-2-5-11/h1-7H2,(H2,10,15). The molecule has 0 bridgehead atoms. The third kappa shape index (κ3) is 4.44. The molecule has 16 heavy (non-hydrogen) atoms. The van der Waals surface area contributed by atoms with Gasteiger partial charge in [0.1, 0.15) is 5.75 Å². The molecule has 2 N–H and O–H groups in total. The van der Waals surface area contributed by atoms with Gasteiger partial charge in [0.05, 0.1) is 10.7 Å². The zero-order valence-corrected chi connectivity index (χ0v) is 10.6. The van der Waals surface area contributed by atoms with Crippen LogP contribution in [0.1, 0.15) is 19.3 Å². The highest BCUT2D eigenvalue weighted by Crippen LogP contribution is 2.08. The number of thiocarbonyl (C=S) groups is 1. The van der Waals surface area contributed by atoms with Crippen molar-refractivity contribution in [1.29, 1.82) is 0 Å². The SMILES string of the molecule is NC(=S)CCS(=O)(=O)CC(=O)N1CCCC1. The number of nitrogens with two attached hydrogens (primary N) is 1. The molecule has 0 radical (unpaired) electrons. The molecule has 1 fully saturated rings. The maximum absolute atomic E-state index is 11.6. The van der Waals surface area contributed by atoms with Crippen LogP contribution in [0.15, 0.2) is 0 Å². The van der Waals surface area contributed by atoms with Gasteiger partial charge in [-0.05, 0) is 12.8 Å². The maximum Gasteiger partial charge on any atom is 0.237 e. The summed E-state index contributed by atoms with van der Waals surface area (Å²) in [4.78, 5) is 13.3. The molecule has 1 amide bonds. The smallest absolute Gasteiger partial charge is 0.237 e. The molecule has 0 aromatic carbocycles. The van der Waals surface area contributed by atoms with Crippen LogP contribution >= 0.6 is 12.2 Å². The Bertz CT molecular complexity index is 372. The fourth-order valence-electron chi connectivity index (χ4n) is 1.57. The van der Waals surface area contributed by atoms with Gasteiger partial charge in [0.15, 0.2) is 9.84 Å². The van der Waals surface area contributed by atoms with E-state index in [0.29, 0.717) is 13.1 Å². The summed E-state index contributed by atoms with van der Waals surface area (Å²) in [5.74, 6) is -0.863. The molecule has 1 saturated heterocycles. The number of rotatable bonds is 5. The van der Waals surface area contributed by atoms with Crippen molar-refractivity contribution < 1.29 is 13.2 Å². The number of hydrogen-bond acceptors (Lipinski definition) is 4. The van der Waals surface area contributed by atoms with Crippen LogP contribution in [0, 0.1) is 0 Å². The molecule has 5 nitrogen and oxygen atoms in total. The first-order chi connectivity index (χ1) is 7.41. The minimum absolute atomic E-state index is 0.137. The van der Waals surface area contributed by atoms with Crippen molar-refractivity contribution in [3.8, 4) is 0 Å². The number of likely N-dealkylation sites (tertiary alicyclic amines) is 1. The Hall–Kier alpha value is -0.690. The molecule has 0 atom stereocenters. The van der Waals surface area contributed by atoms with Crippen molar-refractivity contribution >= 4 is 33.0 Å². The predicted octanol–water partition coefficient (Wildman–Crippen LogP) is -0.300. The number of sulfone groups is 1. The first-order valence-corrected chi connectivity index (χ1v) is 7.40. The lowest BCUT2D eigenvalue weighted by molar-refractivity contribution is -0.127. The normalized spacial score (nSPS) is 16.4. The van der Waals surface area contributed by atoms with Crippen LogP contribution in [0.3, 0.4) is 0 Å². The summed E-state index contributed by atoms with van der Waals surface area (Å²) in [7, 11) is -3.37. The number of amides is 1. The summed E-state index contributed by atoms with van der Waals surface area (Å²) >= 11 is 4.60. The third-order valence-corrected chi connectivity index (χ3v) is 4.18. The van der Waals surface area contributed by atoms with Gasteiger partial charge in [0.25, 0.3) is 0 Å². The van der Waals surface area contributed by atoms with Gasteiger partial charge in [-0.2, -0.15) is 0 Å². The minimum atomic E-state index is -3.37. The Kier molecular flexibility index (Phi) is 4.67. The molecule has 1 aliphatic heterocycles. The molecule has 92 valence electrons. The lowest BCUT2D eigenvalue weighted by Crippen LogP contribution is -2.34. The fraction of sp³-hybridized carbons (Fsp3) is 0.778. The lowest BCUT2D eigenvalue weighted by atomic mass is 10.4. The molecule has 0 aliphatic carbocycles. The van der Waals surface area contributed by atoms with Crippen LogP contribution in [0.2, 0.25) is 0 Å². The van der Waals surface area contributed by atoms with E-state index in [-0.39, 0.29) is 23.1 Å². The Balaban J connectivity index is 2.45. The first-order valence-electron chi connectivity index (χ1n) is 5.17. The van der Waals surface area contributed by atoms with Gasteiger partial charge >= 0.3 is 0 Å². The highest BCUT2D eigenvalue weighted by atomic mass is 32.2. The van der Waals surface area contributed by atoms with Crippen LogP contribution < -0.4 is 5.73 Å². The van der Waals surface area contributed by atoms with Crippen LogP contribution in [-0.4, -0.2) is 48.8 Å². The van der Waals surface area contributed by atoms with Gasteiger partial charge in [-0.1, -0.05) is 12.2 Å². The molecule has 7 heteroatoms. The molecule has 0 spiro atoms. The summed E-state index contributed by atoms with van der Waals surface area (Å²) in [6, 6.07) is 0.